The third-order valence-electron chi connectivity index (χ3n) is 4.58. The Kier molecular flexibility index (Phi) is 4.14. The van der Waals surface area contributed by atoms with Gasteiger partial charge in [0.1, 0.15) is 11.5 Å². The molecular formula is C21H18N2O3. The number of hydrogen-bond donors (Lipinski definition) is 1. The van der Waals surface area contributed by atoms with Gasteiger partial charge in [0.05, 0.1) is 18.7 Å². The van der Waals surface area contributed by atoms with Crippen molar-refractivity contribution in [2.75, 3.05) is 7.11 Å². The Morgan fingerprint density at radius 2 is 1.96 bits per heavy atom. The molecule has 2 unspecified atom stereocenters. The van der Waals surface area contributed by atoms with Gasteiger partial charge in [-0.2, -0.15) is 0 Å². The summed E-state index contributed by atoms with van der Waals surface area (Å²) in [5.74, 6) is 0.960. The van der Waals surface area contributed by atoms with Crippen molar-refractivity contribution in [3.63, 3.8) is 0 Å². The Balaban J connectivity index is 1.66. The second-order valence-electron chi connectivity index (χ2n) is 6.12. The van der Waals surface area contributed by atoms with Crippen molar-refractivity contribution in [2.45, 2.75) is 12.1 Å². The molecule has 2 aromatic carbocycles. The number of methoxy groups -OCH3 is 1. The molecule has 4 rings (SSSR count). The van der Waals surface area contributed by atoms with Crippen LogP contribution in [0.2, 0.25) is 0 Å². The summed E-state index contributed by atoms with van der Waals surface area (Å²) in [6.45, 7) is 0. The Morgan fingerprint density at radius 3 is 2.73 bits per heavy atom. The third kappa shape index (κ3) is 2.72. The monoisotopic (exact) mass is 346 g/mol. The molecule has 0 radical (unpaired) electrons. The van der Waals surface area contributed by atoms with Crippen LogP contribution in [0.5, 0.6) is 11.5 Å². The number of carbonyl (C=O) groups excluding carboxylic acids is 1. The molecule has 2 N–H and O–H groups in total. The van der Waals surface area contributed by atoms with E-state index in [-0.39, 0.29) is 5.78 Å². The van der Waals surface area contributed by atoms with E-state index in [4.69, 9.17) is 15.2 Å². The number of nitrogens with two attached hydrogens (primary N) is 1. The van der Waals surface area contributed by atoms with Crippen LogP contribution in [0.25, 0.3) is 11.1 Å². The average Bonchev–Trinajstić information content (AvgIpc) is 3.04. The van der Waals surface area contributed by atoms with Gasteiger partial charge in [-0.1, -0.05) is 30.3 Å². The van der Waals surface area contributed by atoms with E-state index in [0.29, 0.717) is 17.1 Å². The molecule has 1 aliphatic rings. The summed E-state index contributed by atoms with van der Waals surface area (Å²) in [5, 5.41) is 0. The average molecular weight is 346 g/mol. The number of rotatable bonds is 4. The van der Waals surface area contributed by atoms with E-state index in [1.807, 2.05) is 36.4 Å². The molecule has 0 fully saturated rings. The zero-order chi connectivity index (χ0) is 18.1. The van der Waals surface area contributed by atoms with Gasteiger partial charge in [-0.15, -0.1) is 0 Å². The fourth-order valence-corrected chi connectivity index (χ4v) is 3.22. The highest BCUT2D eigenvalue weighted by molar-refractivity contribution is 6.03. The molecular weight excluding hydrogens is 328 g/mol. The summed E-state index contributed by atoms with van der Waals surface area (Å²) in [6, 6.07) is 16.2. The van der Waals surface area contributed by atoms with Gasteiger partial charge >= 0.3 is 0 Å². The van der Waals surface area contributed by atoms with Crippen molar-refractivity contribution in [3.8, 4) is 22.6 Å². The van der Waals surface area contributed by atoms with Crippen LogP contribution in [-0.2, 0) is 0 Å². The molecule has 26 heavy (non-hydrogen) atoms. The second-order valence-corrected chi connectivity index (χ2v) is 6.12. The maximum Gasteiger partial charge on any atom is 0.209 e. The number of ether oxygens (including phenoxy) is 2. The fourth-order valence-electron chi connectivity index (χ4n) is 3.22. The molecule has 5 nitrogen and oxygen atoms in total. The van der Waals surface area contributed by atoms with Gasteiger partial charge in [0, 0.05) is 23.5 Å². The first-order chi connectivity index (χ1) is 12.7. The molecule has 0 saturated carbocycles. The van der Waals surface area contributed by atoms with Gasteiger partial charge in [0.2, 0.25) is 5.78 Å². The predicted molar refractivity (Wildman–Crippen MR) is 98.3 cm³/mol. The number of carbonyl (C=O) groups is 1. The van der Waals surface area contributed by atoms with Gasteiger partial charge in [0.25, 0.3) is 0 Å². The van der Waals surface area contributed by atoms with Gasteiger partial charge < -0.3 is 15.2 Å². The smallest absolute Gasteiger partial charge is 0.209 e. The van der Waals surface area contributed by atoms with Gasteiger partial charge in [-0.05, 0) is 29.8 Å². The molecule has 130 valence electrons. The molecule has 2 heterocycles. The van der Waals surface area contributed by atoms with E-state index in [1.165, 1.54) is 7.11 Å². The summed E-state index contributed by atoms with van der Waals surface area (Å²) < 4.78 is 11.2. The van der Waals surface area contributed by atoms with E-state index in [0.717, 1.165) is 16.7 Å². The largest absolute Gasteiger partial charge is 0.496 e. The van der Waals surface area contributed by atoms with Crippen LogP contribution in [0.3, 0.4) is 0 Å². The van der Waals surface area contributed by atoms with Crippen LogP contribution in [0.15, 0.2) is 67.0 Å². The van der Waals surface area contributed by atoms with Crippen LogP contribution in [0.1, 0.15) is 22.0 Å². The van der Waals surface area contributed by atoms with Gasteiger partial charge in [-0.25, -0.2) is 0 Å². The van der Waals surface area contributed by atoms with Crippen molar-refractivity contribution in [1.82, 2.24) is 4.98 Å². The Labute approximate surface area is 151 Å². The Morgan fingerprint density at radius 1 is 1.12 bits per heavy atom. The number of fused-ring (bicyclic) bond motifs is 1. The van der Waals surface area contributed by atoms with E-state index < -0.39 is 12.1 Å². The highest BCUT2D eigenvalue weighted by Gasteiger charge is 2.38. The zero-order valence-electron chi connectivity index (χ0n) is 14.3. The van der Waals surface area contributed by atoms with E-state index >= 15 is 0 Å². The minimum absolute atomic E-state index is 0.186. The molecule has 0 saturated heterocycles. The number of Topliss-reactive ketones (excluding diaryl/α,β-unsaturated/α-hetero) is 1. The lowest BCUT2D eigenvalue weighted by molar-refractivity contribution is 0.0791. The standard InChI is InChI=1S/C21H18N2O3/c1-25-17-7-3-2-6-16(17)20(24)21-19(22)15-9-8-13(11-18(15)26-21)14-5-4-10-23-12-14/h2-12,19,21H,22H2,1H3. The summed E-state index contributed by atoms with van der Waals surface area (Å²) >= 11 is 0. The minimum atomic E-state index is -0.773. The molecule has 5 heteroatoms. The predicted octanol–water partition coefficient (Wildman–Crippen LogP) is 3.40. The van der Waals surface area contributed by atoms with Crippen molar-refractivity contribution in [2.24, 2.45) is 5.73 Å². The molecule has 3 aromatic rings. The summed E-state index contributed by atoms with van der Waals surface area (Å²) in [5.41, 5.74) is 9.55. The minimum Gasteiger partial charge on any atom is -0.496 e. The van der Waals surface area contributed by atoms with E-state index in [9.17, 15) is 4.79 Å². The summed E-state index contributed by atoms with van der Waals surface area (Å²) in [4.78, 5) is 17.1. The number of benzene rings is 2. The number of para-hydroxylation sites is 1. The first-order valence-corrected chi connectivity index (χ1v) is 8.33. The van der Waals surface area contributed by atoms with E-state index in [2.05, 4.69) is 4.98 Å². The highest BCUT2D eigenvalue weighted by Crippen LogP contribution is 2.39. The zero-order valence-corrected chi connectivity index (χ0v) is 14.3. The number of nitrogens with zero attached hydrogens (tertiary/aromatic N) is 1. The second kappa shape index (κ2) is 6.61. The lowest BCUT2D eigenvalue weighted by atomic mass is 9.96. The van der Waals surface area contributed by atoms with Crippen LogP contribution in [0.4, 0.5) is 0 Å². The maximum atomic E-state index is 13.0. The van der Waals surface area contributed by atoms with Crippen molar-refractivity contribution in [1.29, 1.82) is 0 Å². The number of ketones is 1. The molecule has 0 bridgehead atoms. The van der Waals surface area contributed by atoms with E-state index in [1.54, 1.807) is 30.6 Å². The van der Waals surface area contributed by atoms with Crippen LogP contribution in [-0.4, -0.2) is 24.0 Å². The molecule has 1 aliphatic heterocycles. The molecule has 0 aliphatic carbocycles. The summed E-state index contributed by atoms with van der Waals surface area (Å²) in [7, 11) is 1.54. The van der Waals surface area contributed by atoms with Crippen molar-refractivity contribution < 1.29 is 14.3 Å². The SMILES string of the molecule is COc1ccccc1C(=O)C1Oc2cc(-c3cccnc3)ccc2C1N. The quantitative estimate of drug-likeness (QED) is 0.733. The van der Waals surface area contributed by atoms with Crippen LogP contribution < -0.4 is 15.2 Å². The molecule has 0 spiro atoms. The van der Waals surface area contributed by atoms with Gasteiger partial charge in [-0.3, -0.25) is 9.78 Å². The first kappa shape index (κ1) is 16.3. The molecule has 2 atom stereocenters. The number of aromatic nitrogens is 1. The first-order valence-electron chi connectivity index (χ1n) is 8.33. The highest BCUT2D eigenvalue weighted by atomic mass is 16.5. The Bertz CT molecular complexity index is 956. The molecule has 0 amide bonds. The third-order valence-corrected chi connectivity index (χ3v) is 4.58. The lowest BCUT2D eigenvalue weighted by Gasteiger charge is -2.15. The topological polar surface area (TPSA) is 74.4 Å². The van der Waals surface area contributed by atoms with Crippen molar-refractivity contribution in [3.05, 3.63) is 78.1 Å². The molecule has 1 aromatic heterocycles. The summed E-state index contributed by atoms with van der Waals surface area (Å²) in [6.07, 6.45) is 2.74. The normalized spacial score (nSPS) is 18.1. The number of pyridine rings is 1. The maximum absolute atomic E-state index is 13.0. The van der Waals surface area contributed by atoms with Crippen LogP contribution >= 0.6 is 0 Å². The van der Waals surface area contributed by atoms with Gasteiger partial charge in [0.15, 0.2) is 6.10 Å². The van der Waals surface area contributed by atoms with Crippen molar-refractivity contribution >= 4 is 5.78 Å². The lowest BCUT2D eigenvalue weighted by Crippen LogP contribution is -2.33. The van der Waals surface area contributed by atoms with Crippen LogP contribution in [0, 0.1) is 0 Å². The fraction of sp³-hybridized carbons (Fsp3) is 0.143. The Hall–Kier alpha value is -3.18. The number of hydrogen-bond acceptors (Lipinski definition) is 5.